The van der Waals surface area contributed by atoms with Gasteiger partial charge < -0.3 is 19.5 Å². The number of carbonyl (C=O) groups is 2. The monoisotopic (exact) mass is 542 g/mol. The van der Waals surface area contributed by atoms with Gasteiger partial charge in [0, 0.05) is 22.0 Å². The molecule has 1 heterocycles. The molecule has 4 aromatic carbocycles. The van der Waals surface area contributed by atoms with Gasteiger partial charge in [0.25, 0.3) is 5.91 Å². The van der Waals surface area contributed by atoms with E-state index in [4.69, 9.17) is 25.8 Å². The first-order chi connectivity index (χ1) is 19.0. The number of nitrogens with one attached hydrogen (secondary N) is 1. The summed E-state index contributed by atoms with van der Waals surface area (Å²) in [6.45, 7) is 2.16. The number of hydrogen-bond acceptors (Lipinski definition) is 6. The van der Waals surface area contributed by atoms with Crippen LogP contribution in [0.2, 0.25) is 5.02 Å². The highest BCUT2D eigenvalue weighted by atomic mass is 35.5. The minimum absolute atomic E-state index is 0.131. The number of anilines is 2. The van der Waals surface area contributed by atoms with E-state index >= 15 is 0 Å². The fourth-order valence-corrected chi connectivity index (χ4v) is 4.69. The molecule has 39 heavy (non-hydrogen) atoms. The van der Waals surface area contributed by atoms with Gasteiger partial charge in [-0.15, -0.1) is 0 Å². The van der Waals surface area contributed by atoms with Gasteiger partial charge in [-0.05, 0) is 73.2 Å². The molecule has 198 valence electrons. The Morgan fingerprint density at radius 2 is 1.69 bits per heavy atom. The van der Waals surface area contributed by atoms with Crippen molar-refractivity contribution in [2.24, 2.45) is 0 Å². The van der Waals surface area contributed by atoms with Gasteiger partial charge >= 0.3 is 5.97 Å². The number of hydrogen-bond donors (Lipinski definition) is 1. The van der Waals surface area contributed by atoms with Crippen molar-refractivity contribution >= 4 is 34.9 Å². The number of nitrogens with zero attached hydrogens (tertiary/aromatic N) is 1. The number of rotatable bonds is 8. The summed E-state index contributed by atoms with van der Waals surface area (Å²) in [7, 11) is 1.59. The molecule has 0 saturated carbocycles. The minimum atomic E-state index is -0.509. The molecule has 1 amide bonds. The Morgan fingerprint density at radius 1 is 0.949 bits per heavy atom. The van der Waals surface area contributed by atoms with Gasteiger partial charge in [-0.2, -0.15) is 0 Å². The van der Waals surface area contributed by atoms with Gasteiger partial charge in [-0.3, -0.25) is 9.69 Å². The van der Waals surface area contributed by atoms with E-state index in [1.54, 1.807) is 61.4 Å². The summed E-state index contributed by atoms with van der Waals surface area (Å²) < 4.78 is 16.9. The molecule has 5 rings (SSSR count). The largest absolute Gasteiger partial charge is 0.496 e. The zero-order chi connectivity index (χ0) is 27.4. The van der Waals surface area contributed by atoms with Gasteiger partial charge in [0.1, 0.15) is 29.8 Å². The maximum Gasteiger partial charge on any atom is 0.341 e. The summed E-state index contributed by atoms with van der Waals surface area (Å²) in [4.78, 5) is 27.8. The third-order valence-electron chi connectivity index (χ3n) is 6.42. The molecule has 0 aliphatic carbocycles. The highest BCUT2D eigenvalue weighted by Gasteiger charge is 2.34. The number of halogens is 1. The van der Waals surface area contributed by atoms with E-state index in [1.807, 2.05) is 48.5 Å². The summed E-state index contributed by atoms with van der Waals surface area (Å²) in [6, 6.07) is 27.2. The Labute approximate surface area is 231 Å². The Kier molecular flexibility index (Phi) is 7.70. The van der Waals surface area contributed by atoms with E-state index in [9.17, 15) is 9.59 Å². The SMILES string of the molecule is CCOC(=O)c1ccccc1OCc1cc([C@H]2Nc3ccccc3C(=O)N2c2ccc(Cl)cc2)ccc1OC. The standard InChI is InChI=1S/C31H27ClN2O5/c1-3-38-31(36)25-9-5-7-11-28(25)39-19-21-18-20(12-17-27(21)37-2)29-33-26-10-6-4-8-24(26)30(35)34(29)23-15-13-22(32)14-16-23/h4-18,29,33H,3,19H2,1-2H3/t29-/m0/s1. The van der Waals surface area contributed by atoms with Crippen molar-refractivity contribution in [2.45, 2.75) is 19.7 Å². The van der Waals surface area contributed by atoms with E-state index in [-0.39, 0.29) is 19.1 Å². The van der Waals surface area contributed by atoms with Crippen LogP contribution in [0, 0.1) is 0 Å². The predicted molar refractivity (Wildman–Crippen MR) is 151 cm³/mol. The lowest BCUT2D eigenvalue weighted by Gasteiger charge is -2.38. The molecule has 0 unspecified atom stereocenters. The molecule has 0 fully saturated rings. The first-order valence-corrected chi connectivity index (χ1v) is 12.9. The smallest absolute Gasteiger partial charge is 0.341 e. The molecule has 1 N–H and O–H groups in total. The van der Waals surface area contributed by atoms with Crippen molar-refractivity contribution in [3.8, 4) is 11.5 Å². The first kappa shape index (κ1) is 26.1. The van der Waals surface area contributed by atoms with Crippen molar-refractivity contribution in [2.75, 3.05) is 23.9 Å². The number of para-hydroxylation sites is 2. The molecule has 0 saturated heterocycles. The van der Waals surface area contributed by atoms with E-state index in [0.717, 1.165) is 16.8 Å². The molecule has 7 nitrogen and oxygen atoms in total. The van der Waals surface area contributed by atoms with Gasteiger partial charge in [-0.25, -0.2) is 4.79 Å². The van der Waals surface area contributed by atoms with E-state index in [2.05, 4.69) is 5.32 Å². The second-order valence-corrected chi connectivity index (χ2v) is 9.26. The maximum atomic E-state index is 13.7. The summed E-state index contributed by atoms with van der Waals surface area (Å²) in [5.74, 6) is 0.448. The van der Waals surface area contributed by atoms with Gasteiger partial charge in [0.05, 0.1) is 19.3 Å². The van der Waals surface area contributed by atoms with Crippen molar-refractivity contribution < 1.29 is 23.8 Å². The topological polar surface area (TPSA) is 77.1 Å². The minimum Gasteiger partial charge on any atom is -0.496 e. The van der Waals surface area contributed by atoms with Gasteiger partial charge in [0.15, 0.2) is 0 Å². The maximum absolute atomic E-state index is 13.7. The van der Waals surface area contributed by atoms with E-state index in [0.29, 0.717) is 33.3 Å². The highest BCUT2D eigenvalue weighted by Crippen LogP contribution is 2.38. The average Bonchev–Trinajstić information content (AvgIpc) is 2.97. The van der Waals surface area contributed by atoms with Crippen LogP contribution in [0.3, 0.4) is 0 Å². The quantitative estimate of drug-likeness (QED) is 0.245. The second kappa shape index (κ2) is 11.5. The Bertz CT molecular complexity index is 1510. The molecule has 4 aromatic rings. The van der Waals surface area contributed by atoms with Gasteiger partial charge in [0.2, 0.25) is 0 Å². The number of benzene rings is 4. The fourth-order valence-electron chi connectivity index (χ4n) is 4.56. The summed E-state index contributed by atoms with van der Waals surface area (Å²) >= 11 is 6.13. The molecule has 1 atom stereocenters. The van der Waals surface area contributed by atoms with Crippen molar-refractivity contribution in [3.05, 3.63) is 118 Å². The van der Waals surface area contributed by atoms with E-state index < -0.39 is 12.1 Å². The number of amides is 1. The second-order valence-electron chi connectivity index (χ2n) is 8.82. The normalized spacial score (nSPS) is 14.3. The third kappa shape index (κ3) is 5.40. The summed E-state index contributed by atoms with van der Waals surface area (Å²) in [5.41, 5.74) is 3.95. The molecule has 0 aromatic heterocycles. The summed E-state index contributed by atoms with van der Waals surface area (Å²) in [6.07, 6.45) is -0.509. The van der Waals surface area contributed by atoms with Crippen molar-refractivity contribution in [1.29, 1.82) is 0 Å². The average molecular weight is 543 g/mol. The van der Waals surface area contributed by atoms with Gasteiger partial charge in [-0.1, -0.05) is 41.9 Å². The van der Waals surface area contributed by atoms with Crippen LogP contribution < -0.4 is 19.7 Å². The fraction of sp³-hybridized carbons (Fsp3) is 0.161. The number of esters is 1. The van der Waals surface area contributed by atoms with Crippen LogP contribution in [-0.2, 0) is 11.3 Å². The molecule has 1 aliphatic heterocycles. The van der Waals surface area contributed by atoms with Crippen LogP contribution in [0.25, 0.3) is 0 Å². The Morgan fingerprint density at radius 3 is 2.46 bits per heavy atom. The number of ether oxygens (including phenoxy) is 3. The molecule has 8 heteroatoms. The first-order valence-electron chi connectivity index (χ1n) is 12.5. The highest BCUT2D eigenvalue weighted by molar-refractivity contribution is 6.30. The van der Waals surface area contributed by atoms with Crippen LogP contribution >= 0.6 is 11.6 Å². The third-order valence-corrected chi connectivity index (χ3v) is 6.67. The van der Waals surface area contributed by atoms with Crippen molar-refractivity contribution in [1.82, 2.24) is 0 Å². The molecule has 0 spiro atoms. The lowest BCUT2D eigenvalue weighted by Crippen LogP contribution is -2.43. The summed E-state index contributed by atoms with van der Waals surface area (Å²) in [5, 5.41) is 4.10. The van der Waals surface area contributed by atoms with Crippen LogP contribution in [0.4, 0.5) is 11.4 Å². The van der Waals surface area contributed by atoms with E-state index in [1.165, 1.54) is 0 Å². The molecular weight excluding hydrogens is 516 g/mol. The Balaban J connectivity index is 1.50. The van der Waals surface area contributed by atoms with Crippen LogP contribution in [-0.4, -0.2) is 25.6 Å². The van der Waals surface area contributed by atoms with Crippen LogP contribution in [0.5, 0.6) is 11.5 Å². The molecular formula is C31H27ClN2O5. The number of fused-ring (bicyclic) bond motifs is 1. The zero-order valence-electron chi connectivity index (χ0n) is 21.5. The lowest BCUT2D eigenvalue weighted by molar-refractivity contribution is 0.0521. The Hall–Kier alpha value is -4.49. The molecule has 1 aliphatic rings. The zero-order valence-corrected chi connectivity index (χ0v) is 22.3. The van der Waals surface area contributed by atoms with Crippen LogP contribution in [0.15, 0.2) is 91.0 Å². The van der Waals surface area contributed by atoms with Crippen molar-refractivity contribution in [3.63, 3.8) is 0 Å². The predicted octanol–water partition coefficient (Wildman–Crippen LogP) is 6.88. The lowest BCUT2D eigenvalue weighted by atomic mass is 10.0. The molecule has 0 bridgehead atoms. The number of methoxy groups -OCH3 is 1. The van der Waals surface area contributed by atoms with Crippen LogP contribution in [0.1, 0.15) is 44.9 Å². The molecule has 0 radical (unpaired) electrons. The number of carbonyl (C=O) groups excluding carboxylic acids is 2.